The van der Waals surface area contributed by atoms with Gasteiger partial charge in [0.15, 0.2) is 0 Å². The molecule has 6 heteroatoms. The maximum Gasteiger partial charge on any atom is 0.245 e. The largest absolute Gasteiger partial charge is 0.497 e. The molecule has 2 aromatic rings. The van der Waals surface area contributed by atoms with Gasteiger partial charge < -0.3 is 4.74 Å². The fourth-order valence-corrected chi connectivity index (χ4v) is 5.13. The Bertz CT molecular complexity index is 835. The van der Waals surface area contributed by atoms with Gasteiger partial charge in [0.25, 0.3) is 0 Å². The summed E-state index contributed by atoms with van der Waals surface area (Å²) in [6.07, 6.45) is 0.653. The Morgan fingerprint density at radius 3 is 2.65 bits per heavy atom. The highest BCUT2D eigenvalue weighted by Crippen LogP contribution is 2.36. The second-order valence-electron chi connectivity index (χ2n) is 5.54. The predicted molar refractivity (Wildman–Crippen MR) is 90.5 cm³/mol. The number of methoxy groups -OCH3 is 1. The Hall–Kier alpha value is -1.56. The van der Waals surface area contributed by atoms with Crippen molar-refractivity contribution in [1.82, 2.24) is 4.31 Å². The van der Waals surface area contributed by atoms with E-state index >= 15 is 0 Å². The summed E-state index contributed by atoms with van der Waals surface area (Å²) in [6.45, 7) is 2.33. The highest BCUT2D eigenvalue weighted by atomic mass is 35.5. The molecule has 23 heavy (non-hydrogen) atoms. The van der Waals surface area contributed by atoms with E-state index in [1.165, 1.54) is 4.31 Å². The van der Waals surface area contributed by atoms with Crippen LogP contribution in [0, 0.1) is 0 Å². The molecule has 4 nitrogen and oxygen atoms in total. The van der Waals surface area contributed by atoms with Gasteiger partial charge in [-0.05, 0) is 48.7 Å². The van der Waals surface area contributed by atoms with Gasteiger partial charge in [-0.3, -0.25) is 0 Å². The van der Waals surface area contributed by atoms with Crippen molar-refractivity contribution in [1.29, 1.82) is 0 Å². The van der Waals surface area contributed by atoms with E-state index in [2.05, 4.69) is 0 Å². The van der Waals surface area contributed by atoms with Gasteiger partial charge in [0.05, 0.1) is 12.1 Å². The quantitative estimate of drug-likeness (QED) is 0.847. The van der Waals surface area contributed by atoms with Crippen molar-refractivity contribution in [2.75, 3.05) is 13.7 Å². The molecule has 1 atom stereocenters. The third-order valence-electron chi connectivity index (χ3n) is 4.26. The normalized spacial score (nSPS) is 18.5. The maximum absolute atomic E-state index is 13.0. The minimum atomic E-state index is -3.63. The molecule has 0 radical (unpaired) electrons. The van der Waals surface area contributed by atoms with E-state index in [9.17, 15) is 8.42 Å². The van der Waals surface area contributed by atoms with Crippen LogP contribution in [0.25, 0.3) is 0 Å². The molecule has 1 aliphatic rings. The van der Waals surface area contributed by atoms with E-state index in [0.717, 1.165) is 16.9 Å². The zero-order chi connectivity index (χ0) is 16.6. The second kappa shape index (κ2) is 6.15. The Morgan fingerprint density at radius 2 is 1.96 bits per heavy atom. The molecular weight excluding hydrogens is 334 g/mol. The summed E-state index contributed by atoms with van der Waals surface area (Å²) in [5.74, 6) is 0.790. The highest BCUT2D eigenvalue weighted by Gasteiger charge is 2.34. The fraction of sp³-hybridized carbons (Fsp3) is 0.294. The van der Waals surface area contributed by atoms with Crippen LogP contribution >= 0.6 is 11.6 Å². The highest BCUT2D eigenvalue weighted by molar-refractivity contribution is 7.89. The van der Waals surface area contributed by atoms with E-state index < -0.39 is 10.0 Å². The summed E-state index contributed by atoms with van der Waals surface area (Å²) >= 11 is 6.09. The van der Waals surface area contributed by atoms with E-state index in [1.54, 1.807) is 31.4 Å². The third-order valence-corrected chi connectivity index (χ3v) is 6.73. The molecule has 2 aromatic carbocycles. The topological polar surface area (TPSA) is 46.6 Å². The second-order valence-corrected chi connectivity index (χ2v) is 7.80. The number of nitrogens with zero attached hydrogens (tertiary/aromatic N) is 1. The van der Waals surface area contributed by atoms with Crippen molar-refractivity contribution < 1.29 is 13.2 Å². The SMILES string of the molecule is COc1ccc2c(c1)CCN(S(=O)(=O)c1ccccc1Cl)C2C. The van der Waals surface area contributed by atoms with Crippen LogP contribution in [0.3, 0.4) is 0 Å². The molecule has 0 fully saturated rings. The lowest BCUT2D eigenvalue weighted by Gasteiger charge is -2.34. The number of hydrogen-bond donors (Lipinski definition) is 0. The summed E-state index contributed by atoms with van der Waals surface area (Å²) in [5.41, 5.74) is 2.13. The smallest absolute Gasteiger partial charge is 0.245 e. The van der Waals surface area contributed by atoms with Gasteiger partial charge >= 0.3 is 0 Å². The minimum absolute atomic E-state index is 0.158. The summed E-state index contributed by atoms with van der Waals surface area (Å²) in [6, 6.07) is 12.1. The first-order chi connectivity index (χ1) is 10.9. The zero-order valence-corrected chi connectivity index (χ0v) is 14.6. The molecule has 1 heterocycles. The first kappa shape index (κ1) is 16.3. The van der Waals surface area contributed by atoms with Crippen LogP contribution in [-0.2, 0) is 16.4 Å². The standard InChI is InChI=1S/C17H18ClNO3S/c1-12-15-8-7-14(22-2)11-13(15)9-10-19(12)23(20,21)17-6-4-3-5-16(17)18/h3-8,11-12H,9-10H2,1-2H3. The lowest BCUT2D eigenvalue weighted by molar-refractivity contribution is 0.325. The summed E-state index contributed by atoms with van der Waals surface area (Å²) in [5, 5.41) is 0.250. The number of hydrogen-bond acceptors (Lipinski definition) is 3. The van der Waals surface area contributed by atoms with Crippen LogP contribution in [-0.4, -0.2) is 26.4 Å². The number of ether oxygens (including phenoxy) is 1. The van der Waals surface area contributed by atoms with Crippen LogP contribution < -0.4 is 4.74 Å². The van der Waals surface area contributed by atoms with Crippen molar-refractivity contribution in [3.8, 4) is 5.75 Å². The molecule has 0 aromatic heterocycles. The number of fused-ring (bicyclic) bond motifs is 1. The fourth-order valence-electron chi connectivity index (χ4n) is 3.02. The molecule has 0 N–H and O–H groups in total. The molecule has 1 aliphatic heterocycles. The van der Waals surface area contributed by atoms with Gasteiger partial charge in [0, 0.05) is 12.6 Å². The zero-order valence-electron chi connectivity index (χ0n) is 13.0. The van der Waals surface area contributed by atoms with Crippen LogP contribution in [0.2, 0.25) is 5.02 Å². The number of halogens is 1. The first-order valence-corrected chi connectivity index (χ1v) is 9.20. The lowest BCUT2D eigenvalue weighted by Crippen LogP contribution is -2.38. The van der Waals surface area contributed by atoms with Gasteiger partial charge in [-0.25, -0.2) is 8.42 Å². The van der Waals surface area contributed by atoms with E-state index in [0.29, 0.717) is 13.0 Å². The van der Waals surface area contributed by atoms with Gasteiger partial charge in [-0.2, -0.15) is 4.31 Å². The monoisotopic (exact) mass is 351 g/mol. The number of sulfonamides is 1. The van der Waals surface area contributed by atoms with Crippen LogP contribution in [0.4, 0.5) is 0 Å². The molecule has 0 bridgehead atoms. The average Bonchev–Trinajstić information content (AvgIpc) is 2.54. The summed E-state index contributed by atoms with van der Waals surface area (Å²) < 4.78 is 32.7. The molecule has 0 spiro atoms. The van der Waals surface area contributed by atoms with E-state index in [4.69, 9.17) is 16.3 Å². The Balaban J connectivity index is 2.00. The van der Waals surface area contributed by atoms with Gasteiger partial charge in [-0.15, -0.1) is 0 Å². The van der Waals surface area contributed by atoms with Crippen LogP contribution in [0.15, 0.2) is 47.4 Å². The van der Waals surface area contributed by atoms with Crippen molar-refractivity contribution >= 4 is 21.6 Å². The molecule has 3 rings (SSSR count). The molecule has 0 amide bonds. The van der Waals surface area contributed by atoms with Crippen molar-refractivity contribution in [3.63, 3.8) is 0 Å². The van der Waals surface area contributed by atoms with Crippen molar-refractivity contribution in [2.24, 2.45) is 0 Å². The Labute approximate surface area is 141 Å². The minimum Gasteiger partial charge on any atom is -0.497 e. The third kappa shape index (κ3) is 2.84. The van der Waals surface area contributed by atoms with Crippen LogP contribution in [0.1, 0.15) is 24.1 Å². The average molecular weight is 352 g/mol. The van der Waals surface area contributed by atoms with Crippen molar-refractivity contribution in [3.05, 3.63) is 58.6 Å². The molecule has 122 valence electrons. The molecule has 1 unspecified atom stereocenters. The molecule has 0 saturated heterocycles. The summed E-state index contributed by atoms with van der Waals surface area (Å²) in [4.78, 5) is 0.158. The molecule has 0 saturated carbocycles. The number of benzene rings is 2. The molecule has 0 aliphatic carbocycles. The van der Waals surface area contributed by atoms with Crippen molar-refractivity contribution in [2.45, 2.75) is 24.3 Å². The predicted octanol–water partition coefficient (Wildman–Crippen LogP) is 3.66. The van der Waals surface area contributed by atoms with Gasteiger partial charge in [0.2, 0.25) is 10.0 Å². The van der Waals surface area contributed by atoms with E-state index in [-0.39, 0.29) is 16.0 Å². The van der Waals surface area contributed by atoms with Gasteiger partial charge in [-0.1, -0.05) is 29.8 Å². The summed E-state index contributed by atoms with van der Waals surface area (Å²) in [7, 11) is -2.00. The first-order valence-electron chi connectivity index (χ1n) is 7.38. The Kier molecular flexibility index (Phi) is 4.36. The Morgan fingerprint density at radius 1 is 1.22 bits per heavy atom. The lowest BCUT2D eigenvalue weighted by atomic mass is 9.95. The van der Waals surface area contributed by atoms with Crippen LogP contribution in [0.5, 0.6) is 5.75 Å². The van der Waals surface area contributed by atoms with E-state index in [1.807, 2.05) is 25.1 Å². The van der Waals surface area contributed by atoms with Gasteiger partial charge in [0.1, 0.15) is 10.6 Å². The maximum atomic E-state index is 13.0. The number of rotatable bonds is 3. The molecular formula is C17H18ClNO3S.